The van der Waals surface area contributed by atoms with Crippen molar-refractivity contribution in [2.45, 2.75) is 28.7 Å². The maximum atomic E-state index is 9.08. The van der Waals surface area contributed by atoms with Crippen molar-refractivity contribution in [3.8, 4) is 5.75 Å². The first-order valence-corrected chi connectivity index (χ1v) is 10.6. The second-order valence-electron chi connectivity index (χ2n) is 7.29. The third-order valence-corrected chi connectivity index (χ3v) is 6.87. The number of benzene rings is 2. The van der Waals surface area contributed by atoms with Crippen LogP contribution in [0.3, 0.4) is 0 Å². The van der Waals surface area contributed by atoms with Crippen molar-refractivity contribution < 1.29 is 9.84 Å². The summed E-state index contributed by atoms with van der Waals surface area (Å²) in [7, 11) is 1.75. The molecule has 27 heavy (non-hydrogen) atoms. The number of ether oxygens (including phenoxy) is 1. The highest BCUT2D eigenvalue weighted by Crippen LogP contribution is 2.44. The molecule has 2 aliphatic rings. The molecule has 1 fully saturated rings. The van der Waals surface area contributed by atoms with Crippen molar-refractivity contribution in [1.82, 2.24) is 9.80 Å². The molecule has 2 aromatic carbocycles. The van der Waals surface area contributed by atoms with Gasteiger partial charge in [0.2, 0.25) is 0 Å². The molecule has 5 heteroatoms. The molecule has 0 spiro atoms. The Morgan fingerprint density at radius 3 is 2.67 bits per heavy atom. The molecule has 2 aromatic rings. The van der Waals surface area contributed by atoms with Crippen LogP contribution in [0.2, 0.25) is 0 Å². The number of fused-ring (bicyclic) bond motifs is 2. The Bertz CT molecular complexity index is 775. The number of piperazine rings is 1. The first-order valence-electron chi connectivity index (χ1n) is 9.79. The van der Waals surface area contributed by atoms with Crippen molar-refractivity contribution in [3.63, 3.8) is 0 Å². The number of methoxy groups -OCH3 is 1. The van der Waals surface area contributed by atoms with Gasteiger partial charge in [0.15, 0.2) is 0 Å². The highest BCUT2D eigenvalue weighted by Gasteiger charge is 2.30. The molecule has 1 atom stereocenters. The Morgan fingerprint density at radius 2 is 1.89 bits per heavy atom. The van der Waals surface area contributed by atoms with Crippen LogP contribution in [0.25, 0.3) is 0 Å². The van der Waals surface area contributed by atoms with E-state index >= 15 is 0 Å². The molecule has 4 nitrogen and oxygen atoms in total. The van der Waals surface area contributed by atoms with E-state index in [1.165, 1.54) is 20.9 Å². The van der Waals surface area contributed by atoms with Crippen LogP contribution in [0, 0.1) is 0 Å². The average Bonchev–Trinajstić information content (AvgIpc) is 2.88. The van der Waals surface area contributed by atoms with E-state index in [2.05, 4.69) is 52.3 Å². The molecule has 0 saturated carbocycles. The zero-order chi connectivity index (χ0) is 18.6. The summed E-state index contributed by atoms with van der Waals surface area (Å²) in [6.45, 7) is 5.57. The minimum absolute atomic E-state index is 0.282. The van der Waals surface area contributed by atoms with E-state index in [9.17, 15) is 0 Å². The first-order chi connectivity index (χ1) is 13.3. The van der Waals surface area contributed by atoms with E-state index in [-0.39, 0.29) is 6.61 Å². The molecule has 0 bridgehead atoms. The lowest BCUT2D eigenvalue weighted by molar-refractivity contribution is 0.0898. The van der Waals surface area contributed by atoms with E-state index in [1.807, 2.05) is 11.8 Å². The monoisotopic (exact) mass is 384 g/mol. The molecule has 0 unspecified atom stereocenters. The van der Waals surface area contributed by atoms with Gasteiger partial charge in [-0.1, -0.05) is 30.0 Å². The van der Waals surface area contributed by atoms with Crippen molar-refractivity contribution in [2.24, 2.45) is 0 Å². The van der Waals surface area contributed by atoms with Crippen molar-refractivity contribution in [3.05, 3.63) is 53.6 Å². The summed E-state index contributed by atoms with van der Waals surface area (Å²) in [5, 5.41) is 9.08. The Labute approximate surface area is 166 Å². The fourth-order valence-electron chi connectivity index (χ4n) is 4.13. The summed E-state index contributed by atoms with van der Waals surface area (Å²) in [6.07, 6.45) is 1.91. The first kappa shape index (κ1) is 18.8. The molecule has 1 saturated heterocycles. The van der Waals surface area contributed by atoms with Crippen LogP contribution in [0.15, 0.2) is 52.3 Å². The van der Waals surface area contributed by atoms with Crippen LogP contribution in [0.5, 0.6) is 5.75 Å². The molecular formula is C22H28N2O2S. The zero-order valence-electron chi connectivity index (χ0n) is 15.9. The molecule has 144 valence electrons. The highest BCUT2D eigenvalue weighted by molar-refractivity contribution is 7.99. The number of hydrogen-bond acceptors (Lipinski definition) is 5. The second kappa shape index (κ2) is 8.65. The standard InChI is InChI=1S/C22H28N2O2S/c1-26-18-7-8-22-19(16-18)20(15-17-5-2-3-6-21(17)27-22)24-12-10-23(11-13-24)9-4-14-25/h2-3,5-8,16,20,25H,4,9-15H2,1H3/t20-/m1/s1. The molecule has 0 aliphatic carbocycles. The molecule has 4 rings (SSSR count). The minimum Gasteiger partial charge on any atom is -0.497 e. The third-order valence-electron chi connectivity index (χ3n) is 5.66. The van der Waals surface area contributed by atoms with Gasteiger partial charge in [-0.25, -0.2) is 0 Å². The molecule has 0 aromatic heterocycles. The minimum atomic E-state index is 0.282. The summed E-state index contributed by atoms with van der Waals surface area (Å²) in [6, 6.07) is 15.7. The Morgan fingerprint density at radius 1 is 1.07 bits per heavy atom. The summed E-state index contributed by atoms with van der Waals surface area (Å²) in [4.78, 5) is 7.82. The van der Waals surface area contributed by atoms with E-state index in [1.54, 1.807) is 7.11 Å². The van der Waals surface area contributed by atoms with Crippen molar-refractivity contribution >= 4 is 11.8 Å². The van der Waals surface area contributed by atoms with E-state index in [0.29, 0.717) is 6.04 Å². The van der Waals surface area contributed by atoms with Gasteiger partial charge in [0.1, 0.15) is 5.75 Å². The quantitative estimate of drug-likeness (QED) is 0.854. The molecular weight excluding hydrogens is 356 g/mol. The number of aliphatic hydroxyl groups is 1. The van der Waals surface area contributed by atoms with Crippen LogP contribution < -0.4 is 4.74 Å². The van der Waals surface area contributed by atoms with Crippen LogP contribution in [0.4, 0.5) is 0 Å². The van der Waals surface area contributed by atoms with Crippen molar-refractivity contribution in [1.29, 1.82) is 0 Å². The SMILES string of the molecule is COc1ccc2c(c1)[C@H](N1CCN(CCCO)CC1)Cc1ccccc1S2. The largest absolute Gasteiger partial charge is 0.497 e. The third kappa shape index (κ3) is 4.16. The van der Waals surface area contributed by atoms with Gasteiger partial charge in [0, 0.05) is 55.2 Å². The lowest BCUT2D eigenvalue weighted by Crippen LogP contribution is -2.48. The maximum absolute atomic E-state index is 9.08. The van der Waals surface area contributed by atoms with Gasteiger partial charge in [-0.15, -0.1) is 0 Å². The molecule has 0 radical (unpaired) electrons. The Balaban J connectivity index is 1.61. The topological polar surface area (TPSA) is 35.9 Å². The molecule has 2 aliphatic heterocycles. The van der Waals surface area contributed by atoms with Crippen LogP contribution in [-0.4, -0.2) is 61.3 Å². The molecule has 2 heterocycles. The van der Waals surface area contributed by atoms with E-state index in [4.69, 9.17) is 9.84 Å². The molecule has 0 amide bonds. The van der Waals surface area contributed by atoms with Gasteiger partial charge in [0.05, 0.1) is 7.11 Å². The number of hydrogen-bond donors (Lipinski definition) is 1. The normalized spacial score (nSPS) is 20.6. The van der Waals surface area contributed by atoms with Crippen LogP contribution in [-0.2, 0) is 6.42 Å². The highest BCUT2D eigenvalue weighted by atomic mass is 32.2. The van der Waals surface area contributed by atoms with Gasteiger partial charge in [-0.2, -0.15) is 0 Å². The van der Waals surface area contributed by atoms with E-state index in [0.717, 1.165) is 51.3 Å². The van der Waals surface area contributed by atoms with E-state index < -0.39 is 0 Å². The summed E-state index contributed by atoms with van der Waals surface area (Å²) in [5.41, 5.74) is 2.82. The zero-order valence-corrected chi connectivity index (χ0v) is 16.8. The fourth-order valence-corrected chi connectivity index (χ4v) is 5.25. The predicted molar refractivity (Wildman–Crippen MR) is 110 cm³/mol. The summed E-state index contributed by atoms with van der Waals surface area (Å²) < 4.78 is 5.54. The van der Waals surface area contributed by atoms with Gasteiger partial charge < -0.3 is 14.7 Å². The maximum Gasteiger partial charge on any atom is 0.119 e. The number of aliphatic hydroxyl groups excluding tert-OH is 1. The predicted octanol–water partition coefficient (Wildman–Crippen LogP) is 3.44. The Hall–Kier alpha value is -1.53. The smallest absolute Gasteiger partial charge is 0.119 e. The lowest BCUT2D eigenvalue weighted by atomic mass is 9.96. The van der Waals surface area contributed by atoms with Gasteiger partial charge in [-0.05, 0) is 48.2 Å². The molecule has 1 N–H and O–H groups in total. The number of rotatable bonds is 5. The van der Waals surface area contributed by atoms with Crippen molar-refractivity contribution in [2.75, 3.05) is 46.4 Å². The number of nitrogens with zero attached hydrogens (tertiary/aromatic N) is 2. The fraction of sp³-hybridized carbons (Fsp3) is 0.455. The second-order valence-corrected chi connectivity index (χ2v) is 8.37. The summed E-state index contributed by atoms with van der Waals surface area (Å²) in [5.74, 6) is 0.937. The Kier molecular flexibility index (Phi) is 6.03. The van der Waals surface area contributed by atoms with Crippen LogP contribution in [0.1, 0.15) is 23.6 Å². The van der Waals surface area contributed by atoms with Gasteiger partial charge in [0.25, 0.3) is 0 Å². The average molecular weight is 385 g/mol. The lowest BCUT2D eigenvalue weighted by Gasteiger charge is -2.39. The summed E-state index contributed by atoms with van der Waals surface area (Å²) >= 11 is 1.88. The van der Waals surface area contributed by atoms with Gasteiger partial charge in [-0.3, -0.25) is 4.90 Å². The van der Waals surface area contributed by atoms with Gasteiger partial charge >= 0.3 is 0 Å². The van der Waals surface area contributed by atoms with Crippen LogP contribution >= 0.6 is 11.8 Å².